The number of aryl methyl sites for hydroxylation is 1. The van der Waals surface area contributed by atoms with Crippen molar-refractivity contribution in [1.29, 1.82) is 5.26 Å². The van der Waals surface area contributed by atoms with Crippen molar-refractivity contribution in [2.24, 2.45) is 5.73 Å². The van der Waals surface area contributed by atoms with Crippen molar-refractivity contribution >= 4 is 23.0 Å². The summed E-state index contributed by atoms with van der Waals surface area (Å²) >= 11 is 0. The third kappa shape index (κ3) is 2.70. The van der Waals surface area contributed by atoms with Crippen LogP contribution in [0.25, 0.3) is 0 Å². The van der Waals surface area contributed by atoms with E-state index in [2.05, 4.69) is 11.4 Å². The number of nitrogen functional groups attached to an aromatic ring is 1. The molecule has 0 aromatic heterocycles. The molecule has 0 atom stereocenters. The Morgan fingerprint density at radius 1 is 1.20 bits per heavy atom. The SMILES string of the molecule is Cc1ccc(C#N)cc1Nc1cc(C(N)=O)ccc1N. The first-order chi connectivity index (χ1) is 9.51. The highest BCUT2D eigenvalue weighted by Gasteiger charge is 2.07. The number of nitriles is 1. The zero-order valence-corrected chi connectivity index (χ0v) is 11.0. The quantitative estimate of drug-likeness (QED) is 0.741. The summed E-state index contributed by atoms with van der Waals surface area (Å²) in [5, 5.41) is 12.1. The van der Waals surface area contributed by atoms with Gasteiger partial charge in [0.2, 0.25) is 5.91 Å². The van der Waals surface area contributed by atoms with E-state index in [1.807, 2.05) is 13.0 Å². The Morgan fingerprint density at radius 2 is 1.95 bits per heavy atom. The predicted molar refractivity (Wildman–Crippen MR) is 78.5 cm³/mol. The Balaban J connectivity index is 2.42. The van der Waals surface area contributed by atoms with E-state index < -0.39 is 5.91 Å². The second kappa shape index (κ2) is 5.33. The van der Waals surface area contributed by atoms with Gasteiger partial charge in [-0.25, -0.2) is 0 Å². The van der Waals surface area contributed by atoms with E-state index in [1.54, 1.807) is 30.3 Å². The van der Waals surface area contributed by atoms with Crippen LogP contribution in [0.15, 0.2) is 36.4 Å². The van der Waals surface area contributed by atoms with Crippen molar-refractivity contribution in [1.82, 2.24) is 0 Å². The van der Waals surface area contributed by atoms with Gasteiger partial charge in [-0.15, -0.1) is 0 Å². The van der Waals surface area contributed by atoms with Crippen LogP contribution in [0.2, 0.25) is 0 Å². The topological polar surface area (TPSA) is 105 Å². The molecule has 0 bridgehead atoms. The third-order valence-corrected chi connectivity index (χ3v) is 2.97. The molecule has 1 amide bonds. The van der Waals surface area contributed by atoms with Crippen LogP contribution in [0.4, 0.5) is 17.1 Å². The van der Waals surface area contributed by atoms with E-state index in [0.29, 0.717) is 22.5 Å². The van der Waals surface area contributed by atoms with Crippen LogP contribution in [0, 0.1) is 18.3 Å². The summed E-state index contributed by atoms with van der Waals surface area (Å²) in [5.74, 6) is -0.518. The van der Waals surface area contributed by atoms with E-state index in [9.17, 15) is 4.79 Å². The van der Waals surface area contributed by atoms with Gasteiger partial charge < -0.3 is 16.8 Å². The maximum absolute atomic E-state index is 11.2. The molecule has 0 aliphatic carbocycles. The highest BCUT2D eigenvalue weighted by molar-refractivity contribution is 5.95. The Hall–Kier alpha value is -3.00. The fourth-order valence-corrected chi connectivity index (χ4v) is 1.79. The van der Waals surface area contributed by atoms with Crippen molar-refractivity contribution in [2.45, 2.75) is 6.92 Å². The van der Waals surface area contributed by atoms with Gasteiger partial charge in [0.15, 0.2) is 0 Å². The molecule has 0 radical (unpaired) electrons. The number of nitrogens with one attached hydrogen (secondary N) is 1. The summed E-state index contributed by atoms with van der Waals surface area (Å²) in [4.78, 5) is 11.2. The van der Waals surface area contributed by atoms with Crippen LogP contribution in [-0.4, -0.2) is 5.91 Å². The monoisotopic (exact) mass is 266 g/mol. The highest BCUT2D eigenvalue weighted by atomic mass is 16.1. The van der Waals surface area contributed by atoms with E-state index in [4.69, 9.17) is 16.7 Å². The average Bonchev–Trinajstić information content (AvgIpc) is 2.43. The molecule has 0 aliphatic rings. The lowest BCUT2D eigenvalue weighted by Gasteiger charge is -2.13. The van der Waals surface area contributed by atoms with E-state index in [0.717, 1.165) is 11.3 Å². The van der Waals surface area contributed by atoms with Gasteiger partial charge in [0.05, 0.1) is 23.0 Å². The zero-order chi connectivity index (χ0) is 14.7. The molecule has 0 aliphatic heterocycles. The molecule has 0 fully saturated rings. The molecule has 5 nitrogen and oxygen atoms in total. The molecular formula is C15H14N4O. The van der Waals surface area contributed by atoms with Crippen molar-refractivity contribution < 1.29 is 4.79 Å². The standard InChI is InChI=1S/C15H14N4O/c1-9-2-3-10(8-16)6-13(9)19-14-7-11(15(18)20)4-5-12(14)17/h2-7,19H,17H2,1H3,(H2,18,20). The highest BCUT2D eigenvalue weighted by Crippen LogP contribution is 2.27. The van der Waals surface area contributed by atoms with Crippen LogP contribution in [0.1, 0.15) is 21.5 Å². The molecule has 2 aromatic carbocycles. The summed E-state index contributed by atoms with van der Waals surface area (Å²) in [5.41, 5.74) is 14.9. The van der Waals surface area contributed by atoms with Crippen molar-refractivity contribution in [3.05, 3.63) is 53.1 Å². The molecule has 5 N–H and O–H groups in total. The van der Waals surface area contributed by atoms with Gasteiger partial charge >= 0.3 is 0 Å². The molecule has 20 heavy (non-hydrogen) atoms. The number of hydrogen-bond acceptors (Lipinski definition) is 4. The molecule has 0 saturated heterocycles. The van der Waals surface area contributed by atoms with Gasteiger partial charge in [-0.3, -0.25) is 4.79 Å². The summed E-state index contributed by atoms with van der Waals surface area (Å²) < 4.78 is 0. The number of anilines is 3. The minimum Gasteiger partial charge on any atom is -0.397 e. The summed E-state index contributed by atoms with van der Waals surface area (Å²) in [6.45, 7) is 1.91. The number of nitrogens with two attached hydrogens (primary N) is 2. The number of rotatable bonds is 3. The van der Waals surface area contributed by atoms with Crippen LogP contribution >= 0.6 is 0 Å². The predicted octanol–water partition coefficient (Wildman–Crippen LogP) is 2.29. The first kappa shape index (κ1) is 13.4. The number of primary amides is 1. The molecule has 2 aromatic rings. The Morgan fingerprint density at radius 3 is 2.60 bits per heavy atom. The number of hydrogen-bond donors (Lipinski definition) is 3. The smallest absolute Gasteiger partial charge is 0.248 e. The normalized spacial score (nSPS) is 9.80. The number of benzene rings is 2. The van der Waals surface area contributed by atoms with Crippen LogP contribution in [0.5, 0.6) is 0 Å². The van der Waals surface area contributed by atoms with Gasteiger partial charge in [0, 0.05) is 11.3 Å². The molecule has 100 valence electrons. The Kier molecular flexibility index (Phi) is 3.58. The third-order valence-electron chi connectivity index (χ3n) is 2.97. The summed E-state index contributed by atoms with van der Waals surface area (Å²) in [6, 6.07) is 12.2. The Labute approximate surface area is 116 Å². The fraction of sp³-hybridized carbons (Fsp3) is 0.0667. The molecule has 0 unspecified atom stereocenters. The maximum atomic E-state index is 11.2. The number of carbonyl (C=O) groups excluding carboxylic acids is 1. The first-order valence-electron chi connectivity index (χ1n) is 5.98. The summed E-state index contributed by atoms with van der Waals surface area (Å²) in [6.07, 6.45) is 0. The lowest BCUT2D eigenvalue weighted by atomic mass is 10.1. The fourth-order valence-electron chi connectivity index (χ4n) is 1.79. The average molecular weight is 266 g/mol. The molecular weight excluding hydrogens is 252 g/mol. The number of carbonyl (C=O) groups is 1. The first-order valence-corrected chi connectivity index (χ1v) is 5.98. The van der Waals surface area contributed by atoms with Crippen molar-refractivity contribution in [2.75, 3.05) is 11.1 Å². The second-order valence-corrected chi connectivity index (χ2v) is 4.43. The second-order valence-electron chi connectivity index (χ2n) is 4.43. The summed E-state index contributed by atoms with van der Waals surface area (Å²) in [7, 11) is 0. The van der Waals surface area contributed by atoms with E-state index in [1.165, 1.54) is 0 Å². The molecule has 2 rings (SSSR count). The zero-order valence-electron chi connectivity index (χ0n) is 11.0. The molecule has 0 spiro atoms. The van der Waals surface area contributed by atoms with E-state index in [-0.39, 0.29) is 0 Å². The van der Waals surface area contributed by atoms with Crippen LogP contribution in [0.3, 0.4) is 0 Å². The van der Waals surface area contributed by atoms with Gasteiger partial charge in [0.1, 0.15) is 0 Å². The maximum Gasteiger partial charge on any atom is 0.248 e. The number of nitrogens with zero attached hydrogens (tertiary/aromatic N) is 1. The van der Waals surface area contributed by atoms with Gasteiger partial charge in [-0.1, -0.05) is 6.07 Å². The van der Waals surface area contributed by atoms with E-state index >= 15 is 0 Å². The molecule has 5 heteroatoms. The van der Waals surface area contributed by atoms with Crippen molar-refractivity contribution in [3.8, 4) is 6.07 Å². The number of amides is 1. The van der Waals surface area contributed by atoms with Crippen LogP contribution < -0.4 is 16.8 Å². The Bertz CT molecular complexity index is 716. The van der Waals surface area contributed by atoms with Gasteiger partial charge in [0.25, 0.3) is 0 Å². The molecule has 0 saturated carbocycles. The lowest BCUT2D eigenvalue weighted by Crippen LogP contribution is -2.11. The largest absolute Gasteiger partial charge is 0.397 e. The minimum atomic E-state index is -0.518. The van der Waals surface area contributed by atoms with Gasteiger partial charge in [-0.05, 0) is 42.8 Å². The van der Waals surface area contributed by atoms with Crippen molar-refractivity contribution in [3.63, 3.8) is 0 Å². The van der Waals surface area contributed by atoms with Crippen LogP contribution in [-0.2, 0) is 0 Å². The molecule has 0 heterocycles. The minimum absolute atomic E-state index is 0.371. The van der Waals surface area contributed by atoms with Gasteiger partial charge in [-0.2, -0.15) is 5.26 Å². The lowest BCUT2D eigenvalue weighted by molar-refractivity contribution is 0.100.